The second kappa shape index (κ2) is 2.39. The Labute approximate surface area is 46.5 Å². The van der Waals surface area contributed by atoms with E-state index in [-0.39, 0.29) is 0 Å². The standard InChI is InChI=1S/C3H4F3OS/c1-8(7)2-3(4,5)6/h1-2H2/q-1. The Morgan fingerprint density at radius 3 is 1.88 bits per heavy atom. The maximum atomic E-state index is 11.1. The maximum Gasteiger partial charge on any atom is 0.373 e. The Balaban J connectivity index is 3.73. The van der Waals surface area contributed by atoms with Crippen LogP contribution in [-0.2, 0) is 14.6 Å². The van der Waals surface area contributed by atoms with Crippen LogP contribution in [0.1, 0.15) is 0 Å². The zero-order valence-electron chi connectivity index (χ0n) is 3.86. The summed E-state index contributed by atoms with van der Waals surface area (Å²) in [6, 6.07) is 0. The van der Waals surface area contributed by atoms with Gasteiger partial charge in [0.15, 0.2) is 0 Å². The minimum Gasteiger partial charge on any atom is -0.461 e. The second-order valence-electron chi connectivity index (χ2n) is 1.20. The lowest BCUT2D eigenvalue weighted by Gasteiger charge is -2.05. The van der Waals surface area contributed by atoms with Crippen molar-refractivity contribution in [3.8, 4) is 0 Å². The molecule has 0 aliphatic heterocycles. The van der Waals surface area contributed by atoms with Gasteiger partial charge in [0.2, 0.25) is 0 Å². The Bertz CT molecular complexity index is 126. The third kappa shape index (κ3) is 5.81. The molecule has 1 nitrogen and oxygen atoms in total. The molecule has 0 bridgehead atoms. The molecule has 0 amide bonds. The van der Waals surface area contributed by atoms with Gasteiger partial charge in [0.05, 0.1) is 0 Å². The molecule has 0 N–H and O–H groups in total. The predicted octanol–water partition coefficient (Wildman–Crippen LogP) is 0.945. The van der Waals surface area contributed by atoms with E-state index >= 15 is 0 Å². The first-order valence-electron chi connectivity index (χ1n) is 1.66. The van der Waals surface area contributed by atoms with Crippen LogP contribution in [0.15, 0.2) is 0 Å². The third-order valence-corrected chi connectivity index (χ3v) is 0.974. The van der Waals surface area contributed by atoms with Crippen molar-refractivity contribution in [2.24, 2.45) is 0 Å². The van der Waals surface area contributed by atoms with Gasteiger partial charge in [-0.25, -0.2) is 0 Å². The first-order valence-corrected chi connectivity index (χ1v) is 3.15. The van der Waals surface area contributed by atoms with Crippen LogP contribution >= 0.6 is 0 Å². The minimum absolute atomic E-state index is 1.31. The molecule has 0 atom stereocenters. The molecule has 0 unspecified atom stereocenters. The lowest BCUT2D eigenvalue weighted by Crippen LogP contribution is -2.14. The van der Waals surface area contributed by atoms with Gasteiger partial charge in [-0.05, 0) is 5.75 Å². The zero-order chi connectivity index (χ0) is 6.78. The van der Waals surface area contributed by atoms with Crippen molar-refractivity contribution in [2.45, 2.75) is 6.18 Å². The SMILES string of the molecule is C=[S-](=O)CC(F)(F)F. The summed E-state index contributed by atoms with van der Waals surface area (Å²) >= 11 is 0. The summed E-state index contributed by atoms with van der Waals surface area (Å²) in [4.78, 5) is 0. The van der Waals surface area contributed by atoms with Crippen LogP contribution in [0, 0.1) is 0 Å². The Kier molecular flexibility index (Phi) is 2.33. The number of hydrogen-bond donors (Lipinski definition) is 0. The molecule has 0 saturated heterocycles. The topological polar surface area (TPSA) is 17.1 Å². The summed E-state index contributed by atoms with van der Waals surface area (Å²) < 4.78 is 43.0. The first-order chi connectivity index (χ1) is 3.42. The van der Waals surface area contributed by atoms with Crippen LogP contribution in [-0.4, -0.2) is 17.8 Å². The number of hydrogen-bond acceptors (Lipinski definition) is 2. The molecule has 0 fully saturated rings. The fraction of sp³-hybridized carbons (Fsp3) is 0.667. The molecule has 5 heteroatoms. The molecule has 8 heavy (non-hydrogen) atoms. The highest BCUT2D eigenvalue weighted by Gasteiger charge is 2.21. The van der Waals surface area contributed by atoms with E-state index in [1.54, 1.807) is 0 Å². The number of halogens is 3. The molecule has 0 spiro atoms. The van der Waals surface area contributed by atoms with E-state index in [0.717, 1.165) is 0 Å². The van der Waals surface area contributed by atoms with E-state index in [1.807, 2.05) is 0 Å². The highest BCUT2D eigenvalue weighted by Crippen LogP contribution is 2.13. The molecule has 0 rings (SSSR count). The van der Waals surface area contributed by atoms with Crippen molar-refractivity contribution < 1.29 is 17.4 Å². The summed E-state index contributed by atoms with van der Waals surface area (Å²) in [5.74, 6) is 1.36. The van der Waals surface area contributed by atoms with Crippen LogP contribution < -0.4 is 0 Å². The van der Waals surface area contributed by atoms with E-state index in [2.05, 4.69) is 5.87 Å². The molecule has 0 aliphatic rings. The lowest BCUT2D eigenvalue weighted by molar-refractivity contribution is -0.105. The molecule has 0 aromatic carbocycles. The number of rotatable bonds is 1. The van der Waals surface area contributed by atoms with Crippen LogP contribution in [0.2, 0.25) is 0 Å². The van der Waals surface area contributed by atoms with E-state index in [9.17, 15) is 17.4 Å². The summed E-state index contributed by atoms with van der Waals surface area (Å²) in [5, 5.41) is 0. The smallest absolute Gasteiger partial charge is 0.373 e. The molecular formula is C3H4F3OS-. The van der Waals surface area contributed by atoms with E-state index in [0.29, 0.717) is 0 Å². The van der Waals surface area contributed by atoms with Crippen LogP contribution in [0.25, 0.3) is 0 Å². The first kappa shape index (κ1) is 7.81. The summed E-state index contributed by atoms with van der Waals surface area (Å²) in [6.45, 7) is 0. The van der Waals surface area contributed by atoms with Gasteiger partial charge in [0.1, 0.15) is 0 Å². The molecular weight excluding hydrogens is 141 g/mol. The molecule has 50 valence electrons. The third-order valence-electron chi connectivity index (χ3n) is 0.325. The van der Waals surface area contributed by atoms with Gasteiger partial charge < -0.3 is 4.21 Å². The molecule has 0 saturated carbocycles. The van der Waals surface area contributed by atoms with Gasteiger partial charge >= 0.3 is 6.18 Å². The zero-order valence-corrected chi connectivity index (χ0v) is 4.68. The van der Waals surface area contributed by atoms with E-state index in [4.69, 9.17) is 0 Å². The van der Waals surface area contributed by atoms with E-state index < -0.39 is 22.3 Å². The maximum absolute atomic E-state index is 11.1. The van der Waals surface area contributed by atoms with Gasteiger partial charge in [-0.3, -0.25) is 10.4 Å². The van der Waals surface area contributed by atoms with Gasteiger partial charge in [0.25, 0.3) is 0 Å². The molecule has 0 aliphatic carbocycles. The van der Waals surface area contributed by atoms with Gasteiger partial charge in [-0.15, -0.1) is 0 Å². The van der Waals surface area contributed by atoms with Gasteiger partial charge in [-0.2, -0.15) is 19.0 Å². The predicted molar refractivity (Wildman–Crippen MR) is 26.1 cm³/mol. The fourth-order valence-corrected chi connectivity index (χ4v) is 0.548. The van der Waals surface area contributed by atoms with Crippen molar-refractivity contribution in [1.29, 1.82) is 0 Å². The average Bonchev–Trinajstić information content (AvgIpc) is 1.21. The highest BCUT2D eigenvalue weighted by molar-refractivity contribution is 7.82. The summed E-state index contributed by atoms with van der Waals surface area (Å²) in [5.41, 5.74) is 0. The lowest BCUT2D eigenvalue weighted by atomic mass is 10.8. The largest absolute Gasteiger partial charge is 0.461 e. The van der Waals surface area contributed by atoms with Gasteiger partial charge in [-0.1, -0.05) is 0 Å². The normalized spacial score (nSPS) is 12.5. The van der Waals surface area contributed by atoms with Gasteiger partial charge in [0, 0.05) is 0 Å². The summed E-state index contributed by atoms with van der Waals surface area (Å²) in [6.07, 6.45) is -4.34. The summed E-state index contributed by atoms with van der Waals surface area (Å²) in [7, 11) is -2.01. The highest BCUT2D eigenvalue weighted by atomic mass is 32.2. The van der Waals surface area contributed by atoms with Crippen LogP contribution in [0.5, 0.6) is 0 Å². The minimum atomic E-state index is -4.34. The Morgan fingerprint density at radius 2 is 1.88 bits per heavy atom. The monoisotopic (exact) mass is 145 g/mol. The van der Waals surface area contributed by atoms with Crippen molar-refractivity contribution in [1.82, 2.24) is 0 Å². The Morgan fingerprint density at radius 1 is 1.50 bits per heavy atom. The molecule has 0 heterocycles. The van der Waals surface area contributed by atoms with Crippen molar-refractivity contribution in [2.75, 3.05) is 5.75 Å². The van der Waals surface area contributed by atoms with Crippen molar-refractivity contribution in [3.05, 3.63) is 0 Å². The quantitative estimate of drug-likeness (QED) is 0.396. The van der Waals surface area contributed by atoms with Crippen LogP contribution in [0.3, 0.4) is 0 Å². The molecule has 0 aromatic heterocycles. The number of alkyl halides is 3. The average molecular weight is 145 g/mol. The Hall–Kier alpha value is -0.190. The molecule has 0 aromatic rings. The molecule has 0 radical (unpaired) electrons. The fourth-order valence-electron chi connectivity index (χ4n) is 0.183. The van der Waals surface area contributed by atoms with Crippen molar-refractivity contribution in [3.63, 3.8) is 0 Å². The second-order valence-corrected chi connectivity index (χ2v) is 2.37. The van der Waals surface area contributed by atoms with Crippen LogP contribution in [0.4, 0.5) is 13.2 Å². The van der Waals surface area contributed by atoms with Crippen molar-refractivity contribution >= 4 is 16.3 Å². The van der Waals surface area contributed by atoms with E-state index in [1.165, 1.54) is 0 Å².